The molecule has 0 saturated carbocycles. The normalized spacial score (nSPS) is 9.20. The quantitative estimate of drug-likeness (QED) is 0.587. The molecule has 0 aliphatic carbocycles. The Kier molecular flexibility index (Phi) is 3.68. The van der Waals surface area contributed by atoms with Crippen molar-refractivity contribution in [2.24, 2.45) is 0 Å². The van der Waals surface area contributed by atoms with Gasteiger partial charge in [0.25, 0.3) is 0 Å². The van der Waals surface area contributed by atoms with E-state index >= 15 is 0 Å². The van der Waals surface area contributed by atoms with Gasteiger partial charge in [0.15, 0.2) is 0 Å². The van der Waals surface area contributed by atoms with E-state index in [1.165, 1.54) is 26.3 Å². The van der Waals surface area contributed by atoms with Crippen LogP contribution >= 0.6 is 0 Å². The molecule has 0 bridgehead atoms. The Morgan fingerprint density at radius 2 is 1.80 bits per heavy atom. The monoisotopic (exact) mass is 209 g/mol. The Balaban J connectivity index is 2.70. The molecule has 0 aromatic heterocycles. The standard InChI is InChI=1S/C10H11NO4/c1-11-10(13)15-9(12)7-3-5-8(14-2)6-4-7/h3-6H,1-2H3,(H,11,13). The summed E-state index contributed by atoms with van der Waals surface area (Å²) in [4.78, 5) is 22.0. The highest BCUT2D eigenvalue weighted by Crippen LogP contribution is 2.11. The number of esters is 1. The molecule has 1 aromatic rings. The largest absolute Gasteiger partial charge is 0.497 e. The molecule has 0 unspecified atom stereocenters. The lowest BCUT2D eigenvalue weighted by Crippen LogP contribution is -2.22. The van der Waals surface area contributed by atoms with Gasteiger partial charge in [0, 0.05) is 7.05 Å². The summed E-state index contributed by atoms with van der Waals surface area (Å²) in [6.45, 7) is 0. The van der Waals surface area contributed by atoms with Crippen molar-refractivity contribution in [2.45, 2.75) is 0 Å². The number of benzene rings is 1. The fourth-order valence-corrected chi connectivity index (χ4v) is 0.921. The van der Waals surface area contributed by atoms with E-state index in [0.29, 0.717) is 11.3 Å². The Labute approximate surface area is 87.0 Å². The topological polar surface area (TPSA) is 64.6 Å². The van der Waals surface area contributed by atoms with Crippen molar-refractivity contribution in [1.29, 1.82) is 0 Å². The van der Waals surface area contributed by atoms with Crippen LogP contribution in [0.1, 0.15) is 10.4 Å². The first-order valence-electron chi connectivity index (χ1n) is 4.25. The van der Waals surface area contributed by atoms with Gasteiger partial charge in [0.1, 0.15) is 5.75 Å². The molecule has 0 radical (unpaired) electrons. The number of carbonyl (C=O) groups is 2. The zero-order valence-electron chi connectivity index (χ0n) is 8.44. The number of nitrogens with one attached hydrogen (secondary N) is 1. The number of rotatable bonds is 2. The van der Waals surface area contributed by atoms with E-state index in [9.17, 15) is 9.59 Å². The van der Waals surface area contributed by atoms with Crippen LogP contribution in [-0.4, -0.2) is 26.2 Å². The molecule has 80 valence electrons. The summed E-state index contributed by atoms with van der Waals surface area (Å²) in [5.41, 5.74) is 0.291. The van der Waals surface area contributed by atoms with Gasteiger partial charge in [-0.1, -0.05) is 0 Å². The summed E-state index contributed by atoms with van der Waals surface area (Å²) in [7, 11) is 2.90. The van der Waals surface area contributed by atoms with Crippen LogP contribution in [0.2, 0.25) is 0 Å². The van der Waals surface area contributed by atoms with Crippen LogP contribution in [0.4, 0.5) is 4.79 Å². The third-order valence-corrected chi connectivity index (χ3v) is 1.72. The van der Waals surface area contributed by atoms with Gasteiger partial charge in [-0.2, -0.15) is 0 Å². The molecule has 5 heteroatoms. The highest BCUT2D eigenvalue weighted by molar-refractivity contribution is 5.96. The smallest absolute Gasteiger partial charge is 0.414 e. The number of hydrogen-bond donors (Lipinski definition) is 1. The van der Waals surface area contributed by atoms with Crippen LogP contribution in [0.25, 0.3) is 0 Å². The van der Waals surface area contributed by atoms with Gasteiger partial charge in [-0.05, 0) is 24.3 Å². The second kappa shape index (κ2) is 4.99. The predicted octanol–water partition coefficient (Wildman–Crippen LogP) is 1.19. The van der Waals surface area contributed by atoms with Crippen LogP contribution in [0, 0.1) is 0 Å². The lowest BCUT2D eigenvalue weighted by atomic mass is 10.2. The summed E-state index contributed by atoms with van der Waals surface area (Å²) in [5.74, 6) is -0.0662. The minimum absolute atomic E-state index is 0.291. The van der Waals surface area contributed by atoms with Crippen LogP contribution in [0.3, 0.4) is 0 Å². The van der Waals surface area contributed by atoms with Gasteiger partial charge in [0.05, 0.1) is 12.7 Å². The number of methoxy groups -OCH3 is 1. The molecule has 1 rings (SSSR count). The molecule has 0 atom stereocenters. The van der Waals surface area contributed by atoms with Gasteiger partial charge < -0.3 is 14.8 Å². The molecule has 5 nitrogen and oxygen atoms in total. The Morgan fingerprint density at radius 3 is 2.27 bits per heavy atom. The van der Waals surface area contributed by atoms with Crippen molar-refractivity contribution in [3.63, 3.8) is 0 Å². The Hall–Kier alpha value is -2.04. The molecule has 1 aromatic carbocycles. The average molecular weight is 209 g/mol. The molecule has 0 fully saturated rings. The van der Waals surface area contributed by atoms with Crippen molar-refractivity contribution < 1.29 is 19.1 Å². The third-order valence-electron chi connectivity index (χ3n) is 1.72. The van der Waals surface area contributed by atoms with Gasteiger partial charge in [-0.15, -0.1) is 0 Å². The Morgan fingerprint density at radius 1 is 1.20 bits per heavy atom. The fraction of sp³-hybridized carbons (Fsp3) is 0.200. The second-order valence-corrected chi connectivity index (χ2v) is 2.66. The first-order chi connectivity index (χ1) is 7.17. The highest BCUT2D eigenvalue weighted by Gasteiger charge is 2.10. The molecule has 0 aliphatic rings. The molecule has 1 amide bonds. The van der Waals surface area contributed by atoms with Crippen LogP contribution in [0.15, 0.2) is 24.3 Å². The molecular weight excluding hydrogens is 198 g/mol. The molecule has 1 N–H and O–H groups in total. The SMILES string of the molecule is CNC(=O)OC(=O)c1ccc(OC)cc1. The van der Waals surface area contributed by atoms with Crippen molar-refractivity contribution in [1.82, 2.24) is 5.32 Å². The second-order valence-electron chi connectivity index (χ2n) is 2.66. The van der Waals surface area contributed by atoms with Crippen molar-refractivity contribution in [3.8, 4) is 5.75 Å². The van der Waals surface area contributed by atoms with Crippen LogP contribution < -0.4 is 10.1 Å². The Bertz CT molecular complexity index is 358. The average Bonchev–Trinajstić information content (AvgIpc) is 2.29. The first kappa shape index (κ1) is 11.0. The number of carbonyl (C=O) groups excluding carboxylic acids is 2. The van der Waals surface area contributed by atoms with E-state index < -0.39 is 12.1 Å². The maximum absolute atomic E-state index is 11.3. The molecule has 15 heavy (non-hydrogen) atoms. The van der Waals surface area contributed by atoms with E-state index in [0.717, 1.165) is 0 Å². The van der Waals surface area contributed by atoms with Gasteiger partial charge in [0.2, 0.25) is 0 Å². The molecular formula is C10H11NO4. The zero-order chi connectivity index (χ0) is 11.3. The first-order valence-corrected chi connectivity index (χ1v) is 4.25. The van der Waals surface area contributed by atoms with Crippen molar-refractivity contribution >= 4 is 12.1 Å². The highest BCUT2D eigenvalue weighted by atomic mass is 16.6. The van der Waals surface area contributed by atoms with Crippen molar-refractivity contribution in [3.05, 3.63) is 29.8 Å². The maximum Gasteiger partial charge on any atom is 0.414 e. The maximum atomic E-state index is 11.3. The number of ether oxygens (including phenoxy) is 2. The van der Waals surface area contributed by atoms with Crippen LogP contribution in [0.5, 0.6) is 5.75 Å². The van der Waals surface area contributed by atoms with E-state index in [2.05, 4.69) is 10.1 Å². The van der Waals surface area contributed by atoms with Gasteiger partial charge >= 0.3 is 12.1 Å². The van der Waals surface area contributed by atoms with E-state index in [4.69, 9.17) is 4.74 Å². The fourth-order valence-electron chi connectivity index (χ4n) is 0.921. The van der Waals surface area contributed by atoms with Crippen LogP contribution in [-0.2, 0) is 4.74 Å². The molecule has 0 heterocycles. The third kappa shape index (κ3) is 2.98. The predicted molar refractivity (Wildman–Crippen MR) is 52.9 cm³/mol. The number of amides is 1. The minimum atomic E-state index is -0.782. The lowest BCUT2D eigenvalue weighted by Gasteiger charge is -2.03. The summed E-state index contributed by atoms with van der Waals surface area (Å²) >= 11 is 0. The molecule has 0 spiro atoms. The van der Waals surface area contributed by atoms with Gasteiger partial charge in [-0.3, -0.25) is 0 Å². The van der Waals surface area contributed by atoms with E-state index in [-0.39, 0.29) is 0 Å². The lowest BCUT2D eigenvalue weighted by molar-refractivity contribution is 0.0625. The summed E-state index contributed by atoms with van der Waals surface area (Å²) in [6, 6.07) is 6.26. The molecule has 0 saturated heterocycles. The summed E-state index contributed by atoms with van der Waals surface area (Å²) < 4.78 is 9.35. The number of alkyl carbamates (subject to hydrolysis) is 1. The van der Waals surface area contributed by atoms with Gasteiger partial charge in [-0.25, -0.2) is 9.59 Å². The minimum Gasteiger partial charge on any atom is -0.497 e. The van der Waals surface area contributed by atoms with Crippen molar-refractivity contribution in [2.75, 3.05) is 14.2 Å². The zero-order valence-corrected chi connectivity index (χ0v) is 8.44. The van der Waals surface area contributed by atoms with E-state index in [1.54, 1.807) is 12.1 Å². The number of hydrogen-bond acceptors (Lipinski definition) is 4. The summed E-state index contributed by atoms with van der Waals surface area (Å²) in [5, 5.41) is 2.18. The van der Waals surface area contributed by atoms with E-state index in [1.807, 2.05) is 0 Å². The summed E-state index contributed by atoms with van der Waals surface area (Å²) in [6.07, 6.45) is -0.782. The molecule has 0 aliphatic heterocycles.